The van der Waals surface area contributed by atoms with E-state index in [2.05, 4.69) is 24.2 Å². The number of ether oxygens (including phenoxy) is 1. The average molecular weight is 198 g/mol. The van der Waals surface area contributed by atoms with E-state index < -0.39 is 0 Å². The maximum atomic E-state index is 6.21. The van der Waals surface area contributed by atoms with E-state index in [9.17, 15) is 0 Å². The van der Waals surface area contributed by atoms with Gasteiger partial charge in [-0.05, 0) is 39.8 Å². The lowest BCUT2D eigenvalue weighted by Crippen LogP contribution is -2.43. The quantitative estimate of drug-likeness (QED) is 0.712. The molecule has 2 heterocycles. The zero-order valence-corrected chi connectivity index (χ0v) is 9.38. The first kappa shape index (κ1) is 10.4. The SMILES string of the molecule is CN1CCC(C)(OC2CCCNC2)C1. The van der Waals surface area contributed by atoms with Gasteiger partial charge in [-0.2, -0.15) is 0 Å². The van der Waals surface area contributed by atoms with Gasteiger partial charge in [0.2, 0.25) is 0 Å². The fraction of sp³-hybridized carbons (Fsp3) is 1.00. The molecule has 2 aliphatic rings. The summed E-state index contributed by atoms with van der Waals surface area (Å²) in [5.74, 6) is 0. The molecule has 82 valence electrons. The van der Waals surface area contributed by atoms with Gasteiger partial charge in [0, 0.05) is 19.6 Å². The van der Waals surface area contributed by atoms with E-state index in [0.717, 1.165) is 19.6 Å². The Hall–Kier alpha value is -0.120. The van der Waals surface area contributed by atoms with Crippen molar-refractivity contribution in [3.63, 3.8) is 0 Å². The number of nitrogens with one attached hydrogen (secondary N) is 1. The fourth-order valence-electron chi connectivity index (χ4n) is 2.58. The molecule has 0 saturated carbocycles. The van der Waals surface area contributed by atoms with E-state index in [-0.39, 0.29) is 5.60 Å². The van der Waals surface area contributed by atoms with Crippen LogP contribution >= 0.6 is 0 Å². The molecule has 2 unspecified atom stereocenters. The Bertz CT molecular complexity index is 192. The smallest absolute Gasteiger partial charge is 0.0797 e. The van der Waals surface area contributed by atoms with Crippen LogP contribution in [0.3, 0.4) is 0 Å². The van der Waals surface area contributed by atoms with Crippen molar-refractivity contribution in [1.82, 2.24) is 10.2 Å². The summed E-state index contributed by atoms with van der Waals surface area (Å²) in [6, 6.07) is 0. The average Bonchev–Trinajstić information content (AvgIpc) is 2.47. The van der Waals surface area contributed by atoms with Crippen molar-refractivity contribution in [3.05, 3.63) is 0 Å². The zero-order valence-electron chi connectivity index (χ0n) is 9.38. The number of nitrogens with zero attached hydrogens (tertiary/aromatic N) is 1. The van der Waals surface area contributed by atoms with Crippen molar-refractivity contribution in [3.8, 4) is 0 Å². The van der Waals surface area contributed by atoms with Crippen LogP contribution < -0.4 is 5.32 Å². The number of likely N-dealkylation sites (N-methyl/N-ethyl adjacent to an activating group) is 1. The second kappa shape index (κ2) is 4.17. The molecule has 2 rings (SSSR count). The van der Waals surface area contributed by atoms with Gasteiger partial charge in [-0.3, -0.25) is 0 Å². The van der Waals surface area contributed by atoms with Crippen molar-refractivity contribution >= 4 is 0 Å². The van der Waals surface area contributed by atoms with Gasteiger partial charge in [-0.25, -0.2) is 0 Å². The molecular formula is C11H22N2O. The van der Waals surface area contributed by atoms with Crippen molar-refractivity contribution in [2.75, 3.05) is 33.2 Å². The van der Waals surface area contributed by atoms with Crippen LogP contribution in [0.15, 0.2) is 0 Å². The van der Waals surface area contributed by atoms with Gasteiger partial charge in [0.1, 0.15) is 0 Å². The van der Waals surface area contributed by atoms with Crippen molar-refractivity contribution < 1.29 is 4.74 Å². The third kappa shape index (κ3) is 2.47. The third-order valence-corrected chi connectivity index (χ3v) is 3.33. The highest BCUT2D eigenvalue weighted by molar-refractivity contribution is 4.88. The van der Waals surface area contributed by atoms with Gasteiger partial charge in [0.05, 0.1) is 11.7 Å². The second-order valence-corrected chi connectivity index (χ2v) is 5.02. The summed E-state index contributed by atoms with van der Waals surface area (Å²) < 4.78 is 6.21. The lowest BCUT2D eigenvalue weighted by molar-refractivity contribution is -0.0814. The van der Waals surface area contributed by atoms with E-state index in [4.69, 9.17) is 4.74 Å². The summed E-state index contributed by atoms with van der Waals surface area (Å²) in [6.07, 6.45) is 4.11. The normalized spacial score (nSPS) is 40.3. The molecule has 0 aliphatic carbocycles. The summed E-state index contributed by atoms with van der Waals surface area (Å²) in [5, 5.41) is 3.40. The van der Waals surface area contributed by atoms with E-state index in [1.807, 2.05) is 0 Å². The van der Waals surface area contributed by atoms with Crippen LogP contribution in [0.5, 0.6) is 0 Å². The number of hydrogen-bond donors (Lipinski definition) is 1. The molecule has 0 amide bonds. The van der Waals surface area contributed by atoms with Gasteiger partial charge in [0.15, 0.2) is 0 Å². The first-order valence-electron chi connectivity index (χ1n) is 5.75. The van der Waals surface area contributed by atoms with Crippen LogP contribution in [0.2, 0.25) is 0 Å². The molecule has 0 aromatic rings. The predicted octanol–water partition coefficient (Wildman–Crippen LogP) is 0.849. The molecular weight excluding hydrogens is 176 g/mol. The van der Waals surface area contributed by atoms with Gasteiger partial charge in [-0.1, -0.05) is 0 Å². The van der Waals surface area contributed by atoms with Crippen molar-refractivity contribution in [1.29, 1.82) is 0 Å². The van der Waals surface area contributed by atoms with E-state index in [0.29, 0.717) is 6.10 Å². The van der Waals surface area contributed by atoms with Crippen LogP contribution in [-0.4, -0.2) is 49.8 Å². The predicted molar refractivity (Wildman–Crippen MR) is 57.5 cm³/mol. The summed E-state index contributed by atoms with van der Waals surface area (Å²) >= 11 is 0. The van der Waals surface area contributed by atoms with Crippen LogP contribution in [-0.2, 0) is 4.74 Å². The summed E-state index contributed by atoms with van der Waals surface area (Å²) in [7, 11) is 2.17. The fourth-order valence-corrected chi connectivity index (χ4v) is 2.58. The Balaban J connectivity index is 1.83. The Morgan fingerprint density at radius 2 is 2.36 bits per heavy atom. The standard InChI is InChI=1S/C11H22N2O/c1-11(5-7-13(2)9-11)14-10-4-3-6-12-8-10/h10,12H,3-9H2,1-2H3. The maximum absolute atomic E-state index is 6.21. The monoisotopic (exact) mass is 198 g/mol. The highest BCUT2D eigenvalue weighted by Gasteiger charge is 2.35. The first-order chi connectivity index (χ1) is 6.68. The van der Waals surface area contributed by atoms with Crippen LogP contribution in [0.25, 0.3) is 0 Å². The topological polar surface area (TPSA) is 24.5 Å². The number of likely N-dealkylation sites (tertiary alicyclic amines) is 1. The molecule has 0 aromatic heterocycles. The number of rotatable bonds is 2. The van der Waals surface area contributed by atoms with Gasteiger partial charge >= 0.3 is 0 Å². The molecule has 14 heavy (non-hydrogen) atoms. The molecule has 0 bridgehead atoms. The Morgan fingerprint density at radius 3 is 2.93 bits per heavy atom. The lowest BCUT2D eigenvalue weighted by atomic mass is 10.0. The van der Waals surface area contributed by atoms with Crippen LogP contribution in [0.1, 0.15) is 26.2 Å². The zero-order chi connectivity index (χ0) is 10.0. The summed E-state index contributed by atoms with van der Waals surface area (Å²) in [6.45, 7) is 6.72. The lowest BCUT2D eigenvalue weighted by Gasteiger charge is -2.32. The molecule has 0 aromatic carbocycles. The summed E-state index contributed by atoms with van der Waals surface area (Å²) in [4.78, 5) is 2.36. The van der Waals surface area contributed by atoms with Crippen molar-refractivity contribution in [2.24, 2.45) is 0 Å². The van der Waals surface area contributed by atoms with Gasteiger partial charge in [0.25, 0.3) is 0 Å². The molecule has 1 N–H and O–H groups in total. The van der Waals surface area contributed by atoms with Crippen molar-refractivity contribution in [2.45, 2.75) is 37.9 Å². The van der Waals surface area contributed by atoms with E-state index >= 15 is 0 Å². The maximum Gasteiger partial charge on any atom is 0.0797 e. The second-order valence-electron chi connectivity index (χ2n) is 5.02. The van der Waals surface area contributed by atoms with Crippen LogP contribution in [0, 0.1) is 0 Å². The number of hydrogen-bond acceptors (Lipinski definition) is 3. The highest BCUT2D eigenvalue weighted by atomic mass is 16.5. The molecule has 2 atom stereocenters. The molecule has 2 fully saturated rings. The molecule has 3 nitrogen and oxygen atoms in total. The first-order valence-corrected chi connectivity index (χ1v) is 5.75. The van der Waals surface area contributed by atoms with Gasteiger partial charge in [-0.15, -0.1) is 0 Å². The molecule has 0 spiro atoms. The van der Waals surface area contributed by atoms with Gasteiger partial charge < -0.3 is 15.0 Å². The van der Waals surface area contributed by atoms with E-state index in [1.54, 1.807) is 0 Å². The Kier molecular flexibility index (Phi) is 3.10. The minimum absolute atomic E-state index is 0.110. The van der Waals surface area contributed by atoms with Crippen LogP contribution in [0.4, 0.5) is 0 Å². The minimum Gasteiger partial charge on any atom is -0.369 e. The minimum atomic E-state index is 0.110. The largest absolute Gasteiger partial charge is 0.369 e. The molecule has 0 radical (unpaired) electrons. The third-order valence-electron chi connectivity index (χ3n) is 3.33. The van der Waals surface area contributed by atoms with E-state index in [1.165, 1.54) is 25.8 Å². The molecule has 2 aliphatic heterocycles. The molecule has 2 saturated heterocycles. The highest BCUT2D eigenvalue weighted by Crippen LogP contribution is 2.26. The summed E-state index contributed by atoms with van der Waals surface area (Å²) in [5.41, 5.74) is 0.110. The number of piperidine rings is 1. The Labute approximate surface area is 86.8 Å². The molecule has 3 heteroatoms. The Morgan fingerprint density at radius 1 is 1.50 bits per heavy atom.